The normalized spacial score (nSPS) is 14.6. The molecule has 0 bridgehead atoms. The van der Waals surface area contributed by atoms with Crippen molar-refractivity contribution < 1.29 is 4.79 Å². The van der Waals surface area contributed by atoms with Gasteiger partial charge in [-0.1, -0.05) is 11.6 Å². The Bertz CT molecular complexity index is 456. The third-order valence-corrected chi connectivity index (χ3v) is 3.76. The van der Waals surface area contributed by atoms with Crippen molar-refractivity contribution in [3.8, 4) is 0 Å². The summed E-state index contributed by atoms with van der Waals surface area (Å²) in [7, 11) is 0. The van der Waals surface area contributed by atoms with E-state index >= 15 is 0 Å². The number of rotatable bonds is 8. The van der Waals surface area contributed by atoms with E-state index in [9.17, 15) is 4.79 Å². The molecule has 0 fully saturated rings. The Morgan fingerprint density at radius 1 is 1.19 bits per heavy atom. The van der Waals surface area contributed by atoms with E-state index < -0.39 is 0 Å². The lowest BCUT2D eigenvalue weighted by Gasteiger charge is -2.13. The van der Waals surface area contributed by atoms with Crippen molar-refractivity contribution >= 4 is 5.91 Å². The molecule has 4 heteroatoms. The smallest absolute Gasteiger partial charge is 0.221 e. The standard InChI is InChI=1S/C17H25N3O/c21-17(20-13-8-15-4-2-1-3-5-15)9-12-19-14-16-6-10-18-11-7-16/h4,6-7,10-11,19H,1-3,5,8-9,12-14H2,(H,20,21). The first-order valence-electron chi connectivity index (χ1n) is 7.89. The summed E-state index contributed by atoms with van der Waals surface area (Å²) in [5.41, 5.74) is 2.70. The first kappa shape index (κ1) is 15.7. The molecule has 0 radical (unpaired) electrons. The highest BCUT2D eigenvalue weighted by molar-refractivity contribution is 5.76. The number of aromatic nitrogens is 1. The van der Waals surface area contributed by atoms with Crippen LogP contribution < -0.4 is 10.6 Å². The van der Waals surface area contributed by atoms with E-state index in [4.69, 9.17) is 0 Å². The van der Waals surface area contributed by atoms with Crippen LogP contribution in [0.2, 0.25) is 0 Å². The molecule has 0 atom stereocenters. The first-order valence-corrected chi connectivity index (χ1v) is 7.89. The lowest BCUT2D eigenvalue weighted by atomic mass is 9.97. The fourth-order valence-corrected chi connectivity index (χ4v) is 2.52. The Kier molecular flexibility index (Phi) is 6.95. The number of carbonyl (C=O) groups excluding carboxylic acids is 1. The molecule has 21 heavy (non-hydrogen) atoms. The number of allylic oxidation sites excluding steroid dienone is 1. The number of hydrogen-bond donors (Lipinski definition) is 2. The fraction of sp³-hybridized carbons (Fsp3) is 0.529. The van der Waals surface area contributed by atoms with Crippen LogP contribution in [0.5, 0.6) is 0 Å². The predicted octanol–water partition coefficient (Wildman–Crippen LogP) is 2.57. The summed E-state index contributed by atoms with van der Waals surface area (Å²) in [5.74, 6) is 0.133. The molecule has 1 aliphatic rings. The molecular weight excluding hydrogens is 262 g/mol. The molecular formula is C17H25N3O. The Hall–Kier alpha value is -1.68. The topological polar surface area (TPSA) is 54.0 Å². The lowest BCUT2D eigenvalue weighted by Crippen LogP contribution is -2.28. The summed E-state index contributed by atoms with van der Waals surface area (Å²) < 4.78 is 0. The van der Waals surface area contributed by atoms with Gasteiger partial charge in [0.15, 0.2) is 0 Å². The van der Waals surface area contributed by atoms with E-state index in [0.717, 1.165) is 19.5 Å². The van der Waals surface area contributed by atoms with Gasteiger partial charge in [0, 0.05) is 38.4 Å². The minimum atomic E-state index is 0.133. The zero-order valence-electron chi connectivity index (χ0n) is 12.6. The summed E-state index contributed by atoms with van der Waals surface area (Å²) in [6.07, 6.45) is 12.5. The van der Waals surface area contributed by atoms with Crippen molar-refractivity contribution in [2.75, 3.05) is 13.1 Å². The molecule has 1 heterocycles. The van der Waals surface area contributed by atoms with Crippen LogP contribution in [-0.4, -0.2) is 24.0 Å². The van der Waals surface area contributed by atoms with Gasteiger partial charge in [-0.2, -0.15) is 0 Å². The van der Waals surface area contributed by atoms with Gasteiger partial charge in [-0.3, -0.25) is 9.78 Å². The molecule has 1 aromatic heterocycles. The molecule has 1 aromatic rings. The number of nitrogens with one attached hydrogen (secondary N) is 2. The van der Waals surface area contributed by atoms with Crippen LogP contribution >= 0.6 is 0 Å². The van der Waals surface area contributed by atoms with E-state index in [-0.39, 0.29) is 5.91 Å². The molecule has 0 saturated heterocycles. The Morgan fingerprint density at radius 3 is 2.81 bits per heavy atom. The summed E-state index contributed by atoms with van der Waals surface area (Å²) in [6.45, 7) is 2.26. The fourth-order valence-electron chi connectivity index (χ4n) is 2.52. The molecule has 2 rings (SSSR count). The average molecular weight is 287 g/mol. The van der Waals surface area contributed by atoms with E-state index in [1.807, 2.05) is 12.1 Å². The van der Waals surface area contributed by atoms with Gasteiger partial charge in [-0.05, 0) is 49.8 Å². The average Bonchev–Trinajstić information content (AvgIpc) is 2.54. The van der Waals surface area contributed by atoms with Crippen LogP contribution in [0.25, 0.3) is 0 Å². The Balaban J connectivity index is 1.50. The Morgan fingerprint density at radius 2 is 2.05 bits per heavy atom. The third-order valence-electron chi connectivity index (χ3n) is 3.76. The van der Waals surface area contributed by atoms with Crippen LogP contribution in [0.1, 0.15) is 44.1 Å². The summed E-state index contributed by atoms with van der Waals surface area (Å²) >= 11 is 0. The second kappa shape index (κ2) is 9.29. The van der Waals surface area contributed by atoms with Gasteiger partial charge in [0.1, 0.15) is 0 Å². The summed E-state index contributed by atoms with van der Waals surface area (Å²) in [4.78, 5) is 15.7. The zero-order valence-corrected chi connectivity index (χ0v) is 12.6. The minimum absolute atomic E-state index is 0.133. The summed E-state index contributed by atoms with van der Waals surface area (Å²) in [6, 6.07) is 3.95. The van der Waals surface area contributed by atoms with E-state index in [1.54, 1.807) is 12.4 Å². The maximum absolute atomic E-state index is 11.7. The predicted molar refractivity (Wildman–Crippen MR) is 84.7 cm³/mol. The minimum Gasteiger partial charge on any atom is -0.356 e. The van der Waals surface area contributed by atoms with Gasteiger partial charge >= 0.3 is 0 Å². The second-order valence-corrected chi connectivity index (χ2v) is 5.49. The molecule has 0 aromatic carbocycles. The van der Waals surface area contributed by atoms with Crippen molar-refractivity contribution in [2.24, 2.45) is 0 Å². The van der Waals surface area contributed by atoms with Crippen molar-refractivity contribution in [3.05, 3.63) is 41.7 Å². The highest BCUT2D eigenvalue weighted by Crippen LogP contribution is 2.19. The number of pyridine rings is 1. The van der Waals surface area contributed by atoms with Gasteiger partial charge in [-0.15, -0.1) is 0 Å². The number of amides is 1. The highest BCUT2D eigenvalue weighted by atomic mass is 16.1. The third kappa shape index (κ3) is 6.54. The van der Waals surface area contributed by atoms with Gasteiger partial charge in [-0.25, -0.2) is 0 Å². The maximum Gasteiger partial charge on any atom is 0.221 e. The van der Waals surface area contributed by atoms with Crippen LogP contribution in [-0.2, 0) is 11.3 Å². The van der Waals surface area contributed by atoms with Gasteiger partial charge < -0.3 is 10.6 Å². The van der Waals surface area contributed by atoms with Crippen molar-refractivity contribution in [1.82, 2.24) is 15.6 Å². The lowest BCUT2D eigenvalue weighted by molar-refractivity contribution is -0.120. The van der Waals surface area contributed by atoms with Crippen LogP contribution in [0.4, 0.5) is 0 Å². The molecule has 0 spiro atoms. The van der Waals surface area contributed by atoms with E-state index in [2.05, 4.69) is 21.7 Å². The summed E-state index contributed by atoms with van der Waals surface area (Å²) in [5, 5.41) is 6.27. The van der Waals surface area contributed by atoms with Crippen molar-refractivity contribution in [2.45, 2.75) is 45.1 Å². The molecule has 0 saturated carbocycles. The largest absolute Gasteiger partial charge is 0.356 e. The Labute approximate surface area is 127 Å². The first-order chi connectivity index (χ1) is 10.3. The molecule has 0 unspecified atom stereocenters. The zero-order chi connectivity index (χ0) is 14.8. The number of carbonyl (C=O) groups is 1. The molecule has 0 aliphatic heterocycles. The second-order valence-electron chi connectivity index (χ2n) is 5.49. The van der Waals surface area contributed by atoms with Crippen LogP contribution in [0.15, 0.2) is 36.2 Å². The van der Waals surface area contributed by atoms with Crippen LogP contribution in [0.3, 0.4) is 0 Å². The molecule has 1 amide bonds. The van der Waals surface area contributed by atoms with Gasteiger partial charge in [0.25, 0.3) is 0 Å². The van der Waals surface area contributed by atoms with Gasteiger partial charge in [0.05, 0.1) is 0 Å². The monoisotopic (exact) mass is 287 g/mol. The highest BCUT2D eigenvalue weighted by Gasteiger charge is 2.05. The van der Waals surface area contributed by atoms with Gasteiger partial charge in [0.2, 0.25) is 5.91 Å². The maximum atomic E-state index is 11.7. The number of nitrogens with zero attached hydrogens (tertiary/aromatic N) is 1. The van der Waals surface area contributed by atoms with Crippen LogP contribution in [0, 0.1) is 0 Å². The quantitative estimate of drug-likeness (QED) is 0.571. The molecule has 1 aliphatic carbocycles. The molecule has 2 N–H and O–H groups in total. The molecule has 114 valence electrons. The van der Waals surface area contributed by atoms with Crippen molar-refractivity contribution in [1.29, 1.82) is 0 Å². The molecule has 4 nitrogen and oxygen atoms in total. The number of hydrogen-bond acceptors (Lipinski definition) is 3. The van der Waals surface area contributed by atoms with E-state index in [0.29, 0.717) is 13.0 Å². The van der Waals surface area contributed by atoms with Crippen molar-refractivity contribution in [3.63, 3.8) is 0 Å². The van der Waals surface area contributed by atoms with E-state index in [1.165, 1.54) is 36.8 Å². The SMILES string of the molecule is O=C(CCNCc1ccncc1)NCCC1=CCCCC1.